The van der Waals surface area contributed by atoms with E-state index in [0.717, 1.165) is 10.5 Å². The average Bonchev–Trinajstić information content (AvgIpc) is 2.82. The SMILES string of the molecule is Cc1cccc(NC(=O)COc2ccc(Cl)cc2/C=C2\C(=O)NC(=O)N(c3ccccc3)C2=O)c1. The van der Waals surface area contributed by atoms with Crippen LogP contribution < -0.4 is 20.3 Å². The molecule has 1 heterocycles. The van der Waals surface area contributed by atoms with Crippen molar-refractivity contribution in [2.75, 3.05) is 16.8 Å². The minimum Gasteiger partial charge on any atom is -0.483 e. The number of hydrogen-bond acceptors (Lipinski definition) is 5. The molecule has 35 heavy (non-hydrogen) atoms. The molecule has 4 rings (SSSR count). The number of nitrogens with one attached hydrogen (secondary N) is 2. The highest BCUT2D eigenvalue weighted by Gasteiger charge is 2.36. The number of para-hydroxylation sites is 1. The largest absolute Gasteiger partial charge is 0.483 e. The summed E-state index contributed by atoms with van der Waals surface area (Å²) in [5.74, 6) is -1.81. The summed E-state index contributed by atoms with van der Waals surface area (Å²) in [5, 5.41) is 5.23. The van der Waals surface area contributed by atoms with E-state index in [0.29, 0.717) is 22.0 Å². The summed E-state index contributed by atoms with van der Waals surface area (Å²) in [5.41, 5.74) is 1.94. The predicted molar refractivity (Wildman–Crippen MR) is 132 cm³/mol. The fourth-order valence-corrected chi connectivity index (χ4v) is 3.63. The molecule has 1 aliphatic heterocycles. The first-order valence-corrected chi connectivity index (χ1v) is 10.9. The number of benzene rings is 3. The fraction of sp³-hybridized carbons (Fsp3) is 0.0769. The highest BCUT2D eigenvalue weighted by Crippen LogP contribution is 2.28. The van der Waals surface area contributed by atoms with Crippen LogP contribution >= 0.6 is 11.6 Å². The van der Waals surface area contributed by atoms with E-state index in [1.165, 1.54) is 18.2 Å². The third-order valence-electron chi connectivity index (χ3n) is 5.05. The van der Waals surface area contributed by atoms with E-state index in [1.807, 2.05) is 25.1 Å². The maximum atomic E-state index is 13.1. The lowest BCUT2D eigenvalue weighted by Crippen LogP contribution is -2.54. The van der Waals surface area contributed by atoms with Crippen molar-refractivity contribution in [3.63, 3.8) is 0 Å². The van der Waals surface area contributed by atoms with E-state index >= 15 is 0 Å². The molecule has 9 heteroatoms. The molecule has 3 aromatic carbocycles. The molecule has 0 unspecified atom stereocenters. The molecule has 0 radical (unpaired) electrons. The zero-order valence-electron chi connectivity index (χ0n) is 18.6. The van der Waals surface area contributed by atoms with Crippen molar-refractivity contribution in [3.8, 4) is 5.75 Å². The minimum atomic E-state index is -0.852. The Hall–Kier alpha value is -4.43. The fourth-order valence-electron chi connectivity index (χ4n) is 3.45. The Morgan fingerprint density at radius 1 is 1.03 bits per heavy atom. The molecule has 1 fully saturated rings. The van der Waals surface area contributed by atoms with Crippen LogP contribution in [0.4, 0.5) is 16.2 Å². The molecule has 1 saturated heterocycles. The quantitative estimate of drug-likeness (QED) is 0.396. The van der Waals surface area contributed by atoms with Crippen LogP contribution in [0.25, 0.3) is 6.08 Å². The number of anilines is 2. The number of nitrogens with zero attached hydrogens (tertiary/aromatic N) is 1. The lowest BCUT2D eigenvalue weighted by Gasteiger charge is -2.26. The van der Waals surface area contributed by atoms with Gasteiger partial charge in [0, 0.05) is 16.3 Å². The molecular formula is C26H20ClN3O5. The Morgan fingerprint density at radius 2 is 1.80 bits per heavy atom. The summed E-state index contributed by atoms with van der Waals surface area (Å²) in [6.07, 6.45) is 1.28. The molecule has 0 saturated carbocycles. The smallest absolute Gasteiger partial charge is 0.335 e. The first-order valence-electron chi connectivity index (χ1n) is 10.6. The summed E-state index contributed by atoms with van der Waals surface area (Å²) in [6, 6.07) is 19.3. The van der Waals surface area contributed by atoms with Gasteiger partial charge in [0.15, 0.2) is 6.61 Å². The van der Waals surface area contributed by atoms with Gasteiger partial charge < -0.3 is 10.1 Å². The minimum absolute atomic E-state index is 0.227. The van der Waals surface area contributed by atoms with E-state index in [1.54, 1.807) is 42.5 Å². The van der Waals surface area contributed by atoms with Gasteiger partial charge in [-0.15, -0.1) is 0 Å². The van der Waals surface area contributed by atoms with Crippen molar-refractivity contribution in [1.29, 1.82) is 0 Å². The zero-order valence-corrected chi connectivity index (χ0v) is 19.3. The molecule has 1 aliphatic rings. The lowest BCUT2D eigenvalue weighted by molar-refractivity contribution is -0.122. The first kappa shape index (κ1) is 23.7. The number of ether oxygens (including phenoxy) is 1. The van der Waals surface area contributed by atoms with Gasteiger partial charge in [0.05, 0.1) is 5.69 Å². The van der Waals surface area contributed by atoms with Gasteiger partial charge in [-0.3, -0.25) is 19.7 Å². The molecule has 5 amide bonds. The van der Waals surface area contributed by atoms with Crippen molar-refractivity contribution in [2.45, 2.75) is 6.92 Å². The monoisotopic (exact) mass is 489 g/mol. The summed E-state index contributed by atoms with van der Waals surface area (Å²) in [6.45, 7) is 1.59. The Kier molecular flexibility index (Phi) is 6.93. The van der Waals surface area contributed by atoms with Crippen LogP contribution in [-0.2, 0) is 14.4 Å². The highest BCUT2D eigenvalue weighted by atomic mass is 35.5. The van der Waals surface area contributed by atoms with Crippen molar-refractivity contribution in [1.82, 2.24) is 5.32 Å². The van der Waals surface area contributed by atoms with Crippen LogP contribution in [0.1, 0.15) is 11.1 Å². The Morgan fingerprint density at radius 3 is 2.54 bits per heavy atom. The molecule has 0 aliphatic carbocycles. The van der Waals surface area contributed by atoms with Gasteiger partial charge in [-0.2, -0.15) is 0 Å². The number of carbonyl (C=O) groups is 4. The molecular weight excluding hydrogens is 470 g/mol. The summed E-state index contributed by atoms with van der Waals surface area (Å²) >= 11 is 6.13. The van der Waals surface area contributed by atoms with Gasteiger partial charge in [-0.25, -0.2) is 9.69 Å². The normalized spacial score (nSPS) is 14.6. The summed E-state index contributed by atoms with van der Waals surface area (Å²) in [7, 11) is 0. The van der Waals surface area contributed by atoms with Gasteiger partial charge in [0.1, 0.15) is 11.3 Å². The summed E-state index contributed by atoms with van der Waals surface area (Å²) in [4.78, 5) is 51.2. The molecule has 2 N–H and O–H groups in total. The van der Waals surface area contributed by atoms with Gasteiger partial charge in [0.25, 0.3) is 17.7 Å². The average molecular weight is 490 g/mol. The van der Waals surface area contributed by atoms with E-state index in [-0.39, 0.29) is 17.9 Å². The zero-order chi connectivity index (χ0) is 24.9. The molecule has 0 bridgehead atoms. The van der Waals surface area contributed by atoms with E-state index in [4.69, 9.17) is 16.3 Å². The van der Waals surface area contributed by atoms with E-state index in [9.17, 15) is 19.2 Å². The second-order valence-electron chi connectivity index (χ2n) is 7.68. The van der Waals surface area contributed by atoms with Crippen molar-refractivity contribution >= 4 is 52.8 Å². The molecule has 8 nitrogen and oxygen atoms in total. The van der Waals surface area contributed by atoms with Crippen LogP contribution in [0.5, 0.6) is 5.75 Å². The van der Waals surface area contributed by atoms with E-state index < -0.39 is 23.8 Å². The summed E-state index contributed by atoms with van der Waals surface area (Å²) < 4.78 is 5.66. The first-order chi connectivity index (χ1) is 16.8. The van der Waals surface area contributed by atoms with Gasteiger partial charge in [-0.1, -0.05) is 41.9 Å². The Labute approximate surface area is 206 Å². The van der Waals surface area contributed by atoms with Gasteiger partial charge in [0.2, 0.25) is 0 Å². The maximum Gasteiger partial charge on any atom is 0.335 e. The van der Waals surface area contributed by atoms with Crippen LogP contribution in [-0.4, -0.2) is 30.4 Å². The third-order valence-corrected chi connectivity index (χ3v) is 5.28. The topological polar surface area (TPSA) is 105 Å². The number of aryl methyl sites for hydroxylation is 1. The number of amides is 5. The second-order valence-corrected chi connectivity index (χ2v) is 8.12. The van der Waals surface area contributed by atoms with Gasteiger partial charge in [-0.05, 0) is 61.0 Å². The molecule has 0 aromatic heterocycles. The Balaban J connectivity index is 1.57. The van der Waals surface area contributed by atoms with Crippen LogP contribution in [0.15, 0.2) is 78.4 Å². The third kappa shape index (κ3) is 5.56. The standard InChI is InChI=1S/C26H20ClN3O5/c1-16-6-5-7-19(12-16)28-23(31)15-35-22-11-10-18(27)13-17(22)14-21-24(32)29-26(34)30(25(21)33)20-8-3-2-4-9-20/h2-14H,15H2,1H3,(H,28,31)(H,29,32,34)/b21-14+. The predicted octanol–water partition coefficient (Wildman–Crippen LogP) is 4.33. The number of rotatable bonds is 6. The maximum absolute atomic E-state index is 13.1. The lowest BCUT2D eigenvalue weighted by atomic mass is 10.1. The number of halogens is 1. The number of hydrogen-bond donors (Lipinski definition) is 2. The van der Waals surface area contributed by atoms with Gasteiger partial charge >= 0.3 is 6.03 Å². The second kappa shape index (κ2) is 10.2. The highest BCUT2D eigenvalue weighted by molar-refractivity contribution is 6.39. The van der Waals surface area contributed by atoms with Crippen molar-refractivity contribution in [2.24, 2.45) is 0 Å². The number of imide groups is 2. The molecule has 3 aromatic rings. The van der Waals surface area contributed by atoms with E-state index in [2.05, 4.69) is 10.6 Å². The van der Waals surface area contributed by atoms with Crippen LogP contribution in [0, 0.1) is 6.92 Å². The number of carbonyl (C=O) groups excluding carboxylic acids is 4. The van der Waals surface area contributed by atoms with Crippen molar-refractivity contribution in [3.05, 3.63) is 94.5 Å². The van der Waals surface area contributed by atoms with Crippen LogP contribution in [0.3, 0.4) is 0 Å². The molecule has 0 atom stereocenters. The number of barbiturate groups is 1. The molecule has 176 valence electrons. The Bertz CT molecular complexity index is 1350. The van der Waals surface area contributed by atoms with Crippen molar-refractivity contribution < 1.29 is 23.9 Å². The number of urea groups is 1. The van der Waals surface area contributed by atoms with Crippen LogP contribution in [0.2, 0.25) is 5.02 Å². The molecule has 0 spiro atoms.